The third-order valence-corrected chi connectivity index (χ3v) is 4.30. The molecule has 0 fully saturated rings. The molecule has 0 bridgehead atoms. The highest BCUT2D eigenvalue weighted by Gasteiger charge is 2.22. The Morgan fingerprint density at radius 1 is 1.25 bits per heavy atom. The lowest BCUT2D eigenvalue weighted by molar-refractivity contribution is 0.522. The van der Waals surface area contributed by atoms with E-state index in [4.69, 9.17) is 0 Å². The van der Waals surface area contributed by atoms with E-state index in [0.29, 0.717) is 12.5 Å². The van der Waals surface area contributed by atoms with Crippen LogP contribution in [0, 0.1) is 11.7 Å². The van der Waals surface area contributed by atoms with Gasteiger partial charge in [-0.15, -0.1) is 0 Å². The van der Waals surface area contributed by atoms with Gasteiger partial charge in [-0.2, -0.15) is 0 Å². The Morgan fingerprint density at radius 3 is 2.85 bits per heavy atom. The van der Waals surface area contributed by atoms with Gasteiger partial charge in [-0.1, -0.05) is 47.1 Å². The van der Waals surface area contributed by atoms with Crippen LogP contribution in [-0.4, -0.2) is 6.54 Å². The molecule has 0 spiro atoms. The molecule has 3 heteroatoms. The summed E-state index contributed by atoms with van der Waals surface area (Å²) in [6.45, 7) is 3.86. The summed E-state index contributed by atoms with van der Waals surface area (Å²) in [5.41, 5.74) is 3.36. The van der Waals surface area contributed by atoms with Crippen LogP contribution in [0.2, 0.25) is 0 Å². The van der Waals surface area contributed by atoms with Gasteiger partial charge in [0.05, 0.1) is 0 Å². The van der Waals surface area contributed by atoms with Crippen LogP contribution in [0.3, 0.4) is 0 Å². The fraction of sp³-hybridized carbons (Fsp3) is 0.294. The molecule has 1 unspecified atom stereocenters. The van der Waals surface area contributed by atoms with E-state index in [2.05, 4.69) is 52.0 Å². The first-order valence-corrected chi connectivity index (χ1v) is 7.69. The van der Waals surface area contributed by atoms with Crippen molar-refractivity contribution in [1.29, 1.82) is 0 Å². The number of hydrogen-bond acceptors (Lipinski definition) is 1. The zero-order chi connectivity index (χ0) is 14.1. The molecule has 20 heavy (non-hydrogen) atoms. The topological polar surface area (TPSA) is 3.24 Å². The third kappa shape index (κ3) is 2.73. The minimum Gasteiger partial charge on any atom is -0.367 e. The molecule has 1 nitrogen and oxygen atoms in total. The first kappa shape index (κ1) is 13.6. The lowest BCUT2D eigenvalue weighted by atomic mass is 9.93. The molecule has 0 saturated heterocycles. The summed E-state index contributed by atoms with van der Waals surface area (Å²) in [6.07, 6.45) is 1.11. The SMILES string of the molecule is CC1Cc2ccccc2N(Cc2ccc(Br)cc2F)C1. The van der Waals surface area contributed by atoms with E-state index in [9.17, 15) is 4.39 Å². The van der Waals surface area contributed by atoms with Crippen LogP contribution in [0.4, 0.5) is 10.1 Å². The first-order chi connectivity index (χ1) is 9.63. The minimum absolute atomic E-state index is 0.143. The Labute approximate surface area is 127 Å². The number of benzene rings is 2. The maximum atomic E-state index is 14.0. The molecule has 1 aliphatic rings. The van der Waals surface area contributed by atoms with Gasteiger partial charge < -0.3 is 4.90 Å². The highest BCUT2D eigenvalue weighted by molar-refractivity contribution is 9.10. The van der Waals surface area contributed by atoms with Gasteiger partial charge >= 0.3 is 0 Å². The predicted octanol–water partition coefficient (Wildman–Crippen LogP) is 4.79. The van der Waals surface area contributed by atoms with E-state index in [1.165, 1.54) is 17.3 Å². The number of rotatable bonds is 2. The van der Waals surface area contributed by atoms with Crippen molar-refractivity contribution in [2.24, 2.45) is 5.92 Å². The van der Waals surface area contributed by atoms with Crippen molar-refractivity contribution in [3.63, 3.8) is 0 Å². The summed E-state index contributed by atoms with van der Waals surface area (Å²) in [5, 5.41) is 0. The first-order valence-electron chi connectivity index (χ1n) is 6.90. The van der Waals surface area contributed by atoms with Gasteiger partial charge in [-0.05, 0) is 36.1 Å². The van der Waals surface area contributed by atoms with E-state index in [1.807, 2.05) is 12.1 Å². The monoisotopic (exact) mass is 333 g/mol. The van der Waals surface area contributed by atoms with E-state index < -0.39 is 0 Å². The molecule has 0 aliphatic carbocycles. The second-order valence-corrected chi connectivity index (χ2v) is 6.47. The largest absolute Gasteiger partial charge is 0.367 e. The van der Waals surface area contributed by atoms with Gasteiger partial charge in [0.25, 0.3) is 0 Å². The second kappa shape index (κ2) is 5.57. The summed E-state index contributed by atoms with van der Waals surface area (Å²) in [5.74, 6) is 0.457. The van der Waals surface area contributed by atoms with E-state index in [0.717, 1.165) is 23.0 Å². The van der Waals surface area contributed by atoms with Crippen molar-refractivity contribution in [1.82, 2.24) is 0 Å². The molecule has 1 atom stereocenters. The fourth-order valence-electron chi connectivity index (χ4n) is 2.91. The molecule has 0 N–H and O–H groups in total. The van der Waals surface area contributed by atoms with Crippen LogP contribution in [0.1, 0.15) is 18.1 Å². The Balaban J connectivity index is 1.91. The number of para-hydroxylation sites is 1. The molecule has 1 aliphatic heterocycles. The van der Waals surface area contributed by atoms with Crippen LogP contribution in [0.15, 0.2) is 46.9 Å². The smallest absolute Gasteiger partial charge is 0.129 e. The summed E-state index contributed by atoms with van der Waals surface area (Å²) < 4.78 is 14.8. The number of anilines is 1. The Kier molecular flexibility index (Phi) is 3.79. The number of hydrogen-bond donors (Lipinski definition) is 0. The average molecular weight is 334 g/mol. The van der Waals surface area contributed by atoms with Crippen LogP contribution >= 0.6 is 15.9 Å². The van der Waals surface area contributed by atoms with Crippen LogP contribution < -0.4 is 4.90 Å². The predicted molar refractivity (Wildman–Crippen MR) is 84.5 cm³/mol. The molecule has 104 valence electrons. The maximum absolute atomic E-state index is 14.0. The molecule has 3 rings (SSSR count). The normalized spacial score (nSPS) is 17.9. The minimum atomic E-state index is -0.143. The van der Waals surface area contributed by atoms with Gasteiger partial charge in [0, 0.05) is 28.8 Å². The standard InChI is InChI=1S/C17H17BrFN/c1-12-8-13-4-2-3-5-17(13)20(10-12)11-14-6-7-15(18)9-16(14)19/h2-7,9,12H,8,10-11H2,1H3. The van der Waals surface area contributed by atoms with Gasteiger partial charge in [0.2, 0.25) is 0 Å². The summed E-state index contributed by atoms with van der Waals surface area (Å²) in [6, 6.07) is 13.7. The van der Waals surface area contributed by atoms with Crippen LogP contribution in [-0.2, 0) is 13.0 Å². The lowest BCUT2D eigenvalue weighted by Crippen LogP contribution is -2.34. The molecule has 2 aromatic rings. The van der Waals surface area contributed by atoms with Crippen molar-refractivity contribution < 1.29 is 4.39 Å². The lowest BCUT2D eigenvalue weighted by Gasteiger charge is -2.35. The second-order valence-electron chi connectivity index (χ2n) is 5.55. The van der Waals surface area contributed by atoms with Crippen molar-refractivity contribution in [3.05, 3.63) is 63.9 Å². The van der Waals surface area contributed by atoms with Gasteiger partial charge in [0.15, 0.2) is 0 Å². The molecule has 0 aromatic heterocycles. The highest BCUT2D eigenvalue weighted by atomic mass is 79.9. The summed E-state index contributed by atoms with van der Waals surface area (Å²) >= 11 is 3.30. The quantitative estimate of drug-likeness (QED) is 0.763. The summed E-state index contributed by atoms with van der Waals surface area (Å²) in [7, 11) is 0. The molecule has 2 aromatic carbocycles. The molecule has 0 radical (unpaired) electrons. The van der Waals surface area contributed by atoms with Crippen LogP contribution in [0.25, 0.3) is 0 Å². The van der Waals surface area contributed by atoms with Crippen molar-refractivity contribution in [3.8, 4) is 0 Å². The zero-order valence-corrected chi connectivity index (χ0v) is 13.0. The zero-order valence-electron chi connectivity index (χ0n) is 11.4. The fourth-order valence-corrected chi connectivity index (χ4v) is 3.24. The molecular weight excluding hydrogens is 317 g/mol. The van der Waals surface area contributed by atoms with E-state index in [1.54, 1.807) is 0 Å². The summed E-state index contributed by atoms with van der Waals surface area (Å²) in [4.78, 5) is 2.29. The van der Waals surface area contributed by atoms with Gasteiger partial charge in [-0.25, -0.2) is 4.39 Å². The number of nitrogens with zero attached hydrogens (tertiary/aromatic N) is 1. The van der Waals surface area contributed by atoms with Crippen molar-refractivity contribution in [2.45, 2.75) is 19.9 Å². The van der Waals surface area contributed by atoms with E-state index >= 15 is 0 Å². The van der Waals surface area contributed by atoms with Gasteiger partial charge in [0.1, 0.15) is 5.82 Å². The van der Waals surface area contributed by atoms with Crippen molar-refractivity contribution >= 4 is 21.6 Å². The molecular formula is C17H17BrFN. The Bertz CT molecular complexity index is 626. The van der Waals surface area contributed by atoms with E-state index in [-0.39, 0.29) is 5.82 Å². The van der Waals surface area contributed by atoms with Crippen LogP contribution in [0.5, 0.6) is 0 Å². The number of fused-ring (bicyclic) bond motifs is 1. The Hall–Kier alpha value is -1.35. The average Bonchev–Trinajstić information content (AvgIpc) is 2.41. The highest BCUT2D eigenvalue weighted by Crippen LogP contribution is 2.31. The molecule has 0 saturated carbocycles. The third-order valence-electron chi connectivity index (χ3n) is 3.81. The molecule has 1 heterocycles. The van der Waals surface area contributed by atoms with Gasteiger partial charge in [-0.3, -0.25) is 0 Å². The Morgan fingerprint density at radius 2 is 2.05 bits per heavy atom. The van der Waals surface area contributed by atoms with Crippen molar-refractivity contribution in [2.75, 3.05) is 11.4 Å². The number of halogens is 2. The maximum Gasteiger partial charge on any atom is 0.129 e. The molecule has 0 amide bonds.